The number of halogens is 1. The van der Waals surface area contributed by atoms with Crippen LogP contribution in [0, 0.1) is 5.82 Å². The van der Waals surface area contributed by atoms with Crippen LogP contribution in [0.2, 0.25) is 0 Å². The van der Waals surface area contributed by atoms with Gasteiger partial charge in [0.25, 0.3) is 0 Å². The lowest BCUT2D eigenvalue weighted by atomic mass is 10.1. The number of pyridine rings is 1. The average Bonchev–Trinajstić information content (AvgIpc) is 2.93. The Kier molecular flexibility index (Phi) is 9.02. The van der Waals surface area contributed by atoms with Crippen LogP contribution in [-0.2, 0) is 11.2 Å². The van der Waals surface area contributed by atoms with Gasteiger partial charge < -0.3 is 15.0 Å². The molecule has 0 spiro atoms. The van der Waals surface area contributed by atoms with Gasteiger partial charge >= 0.3 is 12.1 Å². The second-order valence-electron chi connectivity index (χ2n) is 9.94. The average molecular weight is 562 g/mol. The number of aromatic nitrogens is 1. The van der Waals surface area contributed by atoms with Crippen LogP contribution in [0.25, 0.3) is 0 Å². The minimum atomic E-state index is -0.772. The van der Waals surface area contributed by atoms with E-state index in [0.717, 1.165) is 44.5 Å². The van der Waals surface area contributed by atoms with E-state index in [1.807, 2.05) is 6.07 Å². The molecule has 0 aliphatic carbocycles. The summed E-state index contributed by atoms with van der Waals surface area (Å²) in [6.07, 6.45) is 2.75. The van der Waals surface area contributed by atoms with E-state index in [4.69, 9.17) is 4.74 Å². The van der Waals surface area contributed by atoms with E-state index >= 15 is 0 Å². The van der Waals surface area contributed by atoms with Crippen LogP contribution in [0.3, 0.4) is 0 Å². The summed E-state index contributed by atoms with van der Waals surface area (Å²) in [7, 11) is 0. The topological polar surface area (TPSA) is 119 Å². The minimum Gasteiger partial charge on any atom is -0.454 e. The third kappa shape index (κ3) is 7.99. The van der Waals surface area contributed by atoms with Gasteiger partial charge in [-0.25, -0.2) is 19.0 Å². The molecular formula is C29H32FN7O4. The summed E-state index contributed by atoms with van der Waals surface area (Å²) in [4.78, 5) is 47.7. The maximum absolute atomic E-state index is 14.8. The number of carbonyl (C=O) groups excluding carboxylic acids is 3. The first-order valence-corrected chi connectivity index (χ1v) is 13.5. The fourth-order valence-electron chi connectivity index (χ4n) is 4.53. The highest BCUT2D eigenvalue weighted by atomic mass is 19.1. The van der Waals surface area contributed by atoms with Gasteiger partial charge in [-0.15, -0.1) is 0 Å². The van der Waals surface area contributed by atoms with Gasteiger partial charge in [0, 0.05) is 63.3 Å². The molecule has 0 atom stereocenters. The number of anilines is 2. The Morgan fingerprint density at radius 3 is 2.34 bits per heavy atom. The summed E-state index contributed by atoms with van der Waals surface area (Å²) in [5.41, 5.74) is 0.910. The maximum Gasteiger partial charge on any atom is 0.325 e. The summed E-state index contributed by atoms with van der Waals surface area (Å²) >= 11 is 0. The molecule has 5 rings (SSSR count). The van der Waals surface area contributed by atoms with E-state index in [9.17, 15) is 18.8 Å². The van der Waals surface area contributed by atoms with Crippen molar-refractivity contribution in [3.8, 4) is 11.5 Å². The standard InChI is InChI=1S/C29H32FN7O4/c30-24-18-22(32-28(39)34-27(38)17-21-5-2-1-3-6-21)7-8-25(24)41-23-9-10-31-26(19-23)33-29(40)37-15-13-36(14-16-37)20-35-11-4-12-35/h1-3,5-10,18-19H,4,11-17,20H2,(H,31,33,40)(H2,32,34,38,39). The minimum absolute atomic E-state index is 0.0409. The Hall–Kier alpha value is -4.55. The van der Waals surface area contributed by atoms with E-state index < -0.39 is 17.8 Å². The Morgan fingerprint density at radius 1 is 0.878 bits per heavy atom. The van der Waals surface area contributed by atoms with Gasteiger partial charge in [0.1, 0.15) is 11.6 Å². The van der Waals surface area contributed by atoms with Gasteiger partial charge in [0.2, 0.25) is 5.91 Å². The lowest BCUT2D eigenvalue weighted by Crippen LogP contribution is -2.54. The summed E-state index contributed by atoms with van der Waals surface area (Å²) in [5.74, 6) is -0.737. The highest BCUT2D eigenvalue weighted by Gasteiger charge is 2.24. The molecular weight excluding hydrogens is 529 g/mol. The maximum atomic E-state index is 14.8. The molecule has 0 saturated carbocycles. The molecule has 2 aliphatic heterocycles. The van der Waals surface area contributed by atoms with Crippen molar-refractivity contribution >= 4 is 29.5 Å². The van der Waals surface area contributed by atoms with Crippen molar-refractivity contribution in [1.82, 2.24) is 25.0 Å². The quantitative estimate of drug-likeness (QED) is 0.384. The molecule has 3 aromatic rings. The van der Waals surface area contributed by atoms with Crippen molar-refractivity contribution in [2.24, 2.45) is 0 Å². The molecule has 3 heterocycles. The molecule has 0 bridgehead atoms. The van der Waals surface area contributed by atoms with Crippen LogP contribution >= 0.6 is 0 Å². The van der Waals surface area contributed by atoms with Crippen LogP contribution in [0.15, 0.2) is 66.9 Å². The largest absolute Gasteiger partial charge is 0.454 e. The molecule has 0 unspecified atom stereocenters. The van der Waals surface area contributed by atoms with E-state index in [1.54, 1.807) is 35.2 Å². The zero-order chi connectivity index (χ0) is 28.6. The van der Waals surface area contributed by atoms with Crippen molar-refractivity contribution in [1.29, 1.82) is 0 Å². The molecule has 11 nitrogen and oxygen atoms in total. The molecule has 1 aromatic heterocycles. The third-order valence-corrected chi connectivity index (χ3v) is 6.85. The molecule has 5 amide bonds. The van der Waals surface area contributed by atoms with Crippen LogP contribution in [0.1, 0.15) is 12.0 Å². The van der Waals surface area contributed by atoms with E-state index in [-0.39, 0.29) is 35.5 Å². The molecule has 41 heavy (non-hydrogen) atoms. The Labute approximate surface area is 237 Å². The number of likely N-dealkylation sites (tertiary alicyclic amines) is 1. The van der Waals surface area contributed by atoms with Crippen LogP contribution in [0.4, 0.5) is 25.5 Å². The number of imide groups is 1. The molecule has 12 heteroatoms. The molecule has 2 aliphatic rings. The zero-order valence-corrected chi connectivity index (χ0v) is 22.5. The molecule has 0 radical (unpaired) electrons. The number of nitrogens with zero attached hydrogens (tertiary/aromatic N) is 4. The fraction of sp³-hybridized carbons (Fsp3) is 0.310. The van der Waals surface area contributed by atoms with Crippen LogP contribution in [-0.4, -0.2) is 83.6 Å². The lowest BCUT2D eigenvalue weighted by molar-refractivity contribution is -0.119. The SMILES string of the molecule is O=C(Cc1ccccc1)NC(=O)Nc1ccc(Oc2ccnc(NC(=O)N3CCN(CN4CCC4)CC3)c2)c(F)c1. The van der Waals surface area contributed by atoms with Crippen molar-refractivity contribution in [2.45, 2.75) is 12.8 Å². The number of benzene rings is 2. The predicted molar refractivity (Wildman–Crippen MR) is 151 cm³/mol. The first-order chi connectivity index (χ1) is 19.9. The van der Waals surface area contributed by atoms with Crippen LogP contribution < -0.4 is 20.7 Å². The van der Waals surface area contributed by atoms with E-state index in [1.165, 1.54) is 30.8 Å². The number of amides is 5. The number of rotatable bonds is 8. The molecule has 2 saturated heterocycles. The number of hydrogen-bond acceptors (Lipinski definition) is 7. The van der Waals surface area contributed by atoms with Gasteiger partial charge in [-0.2, -0.15) is 0 Å². The highest BCUT2D eigenvalue weighted by molar-refractivity contribution is 6.01. The normalized spacial score (nSPS) is 15.5. The molecule has 3 N–H and O–H groups in total. The summed E-state index contributed by atoms with van der Waals surface area (Å²) in [6, 6.07) is 14.9. The number of nitrogens with one attached hydrogen (secondary N) is 3. The summed E-state index contributed by atoms with van der Waals surface area (Å²) in [5, 5.41) is 7.44. The van der Waals surface area contributed by atoms with Crippen molar-refractivity contribution in [2.75, 3.05) is 56.6 Å². The van der Waals surface area contributed by atoms with Crippen molar-refractivity contribution in [3.05, 3.63) is 78.2 Å². The molecule has 2 fully saturated rings. The van der Waals surface area contributed by atoms with Crippen LogP contribution in [0.5, 0.6) is 11.5 Å². The van der Waals surface area contributed by atoms with Gasteiger partial charge in [-0.05, 0) is 30.2 Å². The Morgan fingerprint density at radius 2 is 1.63 bits per heavy atom. The smallest absolute Gasteiger partial charge is 0.325 e. The highest BCUT2D eigenvalue weighted by Crippen LogP contribution is 2.28. The van der Waals surface area contributed by atoms with Crippen molar-refractivity contribution in [3.63, 3.8) is 0 Å². The number of hydrogen-bond donors (Lipinski definition) is 3. The number of ether oxygens (including phenoxy) is 1. The van der Waals surface area contributed by atoms with Crippen molar-refractivity contribution < 1.29 is 23.5 Å². The number of urea groups is 2. The van der Waals surface area contributed by atoms with Gasteiger partial charge in [-0.3, -0.25) is 25.2 Å². The fourth-order valence-corrected chi connectivity index (χ4v) is 4.53. The van der Waals surface area contributed by atoms with E-state index in [2.05, 4.69) is 30.7 Å². The van der Waals surface area contributed by atoms with Gasteiger partial charge in [0.05, 0.1) is 13.1 Å². The monoisotopic (exact) mass is 561 g/mol. The summed E-state index contributed by atoms with van der Waals surface area (Å²) < 4.78 is 20.4. The first kappa shape index (κ1) is 28.0. The zero-order valence-electron chi connectivity index (χ0n) is 22.5. The number of piperazine rings is 1. The van der Waals surface area contributed by atoms with E-state index in [0.29, 0.717) is 13.1 Å². The Bertz CT molecular complexity index is 1380. The lowest BCUT2D eigenvalue weighted by Gasteiger charge is -2.40. The van der Waals surface area contributed by atoms with Gasteiger partial charge in [-0.1, -0.05) is 30.3 Å². The predicted octanol–water partition coefficient (Wildman–Crippen LogP) is 3.72. The van der Waals surface area contributed by atoms with Gasteiger partial charge in [0.15, 0.2) is 11.6 Å². The Balaban J connectivity index is 1.10. The second kappa shape index (κ2) is 13.2. The second-order valence-corrected chi connectivity index (χ2v) is 9.94. The first-order valence-electron chi connectivity index (χ1n) is 13.5. The molecule has 2 aromatic carbocycles. The molecule has 214 valence electrons. The summed E-state index contributed by atoms with van der Waals surface area (Å²) in [6.45, 7) is 6.12. The third-order valence-electron chi connectivity index (χ3n) is 6.85. The number of carbonyl (C=O) groups is 3.